The van der Waals surface area contributed by atoms with Crippen molar-refractivity contribution in [2.75, 3.05) is 0 Å². The minimum Gasteiger partial charge on any atom is -0.232 e. The molecule has 1 aromatic carbocycles. The van der Waals surface area contributed by atoms with Gasteiger partial charge >= 0.3 is 0 Å². The molecule has 1 fully saturated rings. The van der Waals surface area contributed by atoms with E-state index in [1.165, 1.54) is 19.3 Å². The molecule has 3 rings (SSSR count). The minimum absolute atomic E-state index is 0.515. The van der Waals surface area contributed by atoms with Crippen LogP contribution >= 0.6 is 27.5 Å². The number of aromatic nitrogens is 2. The molecule has 0 atom stereocenters. The normalized spacial score (nSPS) is 16.4. The fourth-order valence-corrected chi connectivity index (χ4v) is 2.53. The molecule has 0 unspecified atom stereocenters. The number of rotatable bonds is 1. The Labute approximate surface area is 107 Å². The molecule has 1 aliphatic rings. The van der Waals surface area contributed by atoms with E-state index in [-0.39, 0.29) is 0 Å². The number of nitrogens with zero attached hydrogens (tertiary/aromatic N) is 2. The largest absolute Gasteiger partial charge is 0.232 e. The van der Waals surface area contributed by atoms with Gasteiger partial charge in [-0.05, 0) is 31.0 Å². The Morgan fingerprint density at radius 1 is 1.25 bits per heavy atom. The second kappa shape index (κ2) is 3.97. The van der Waals surface area contributed by atoms with Crippen LogP contribution in [-0.4, -0.2) is 9.97 Å². The van der Waals surface area contributed by atoms with E-state index in [1.54, 1.807) is 0 Å². The molecule has 1 aliphatic carbocycles. The second-order valence-electron chi connectivity index (χ2n) is 4.16. The Balaban J connectivity index is 2.18. The Bertz CT molecular complexity index is 552. The summed E-state index contributed by atoms with van der Waals surface area (Å²) >= 11 is 9.62. The number of fused-ring (bicyclic) bond motifs is 1. The van der Waals surface area contributed by atoms with Gasteiger partial charge in [-0.3, -0.25) is 0 Å². The first-order chi connectivity index (χ1) is 7.74. The zero-order valence-corrected chi connectivity index (χ0v) is 10.9. The molecule has 0 spiro atoms. The van der Waals surface area contributed by atoms with Crippen LogP contribution in [0.4, 0.5) is 0 Å². The zero-order chi connectivity index (χ0) is 11.1. The summed E-state index contributed by atoms with van der Waals surface area (Å²) in [7, 11) is 0. The van der Waals surface area contributed by atoms with Crippen molar-refractivity contribution in [3.05, 3.63) is 33.6 Å². The molecule has 1 heterocycles. The standard InChI is InChI=1S/C12H10BrClN2/c13-8-4-5-9-10(6-8)15-12(16-11(9)14)7-2-1-3-7/h4-7H,1-3H2. The summed E-state index contributed by atoms with van der Waals surface area (Å²) in [4.78, 5) is 8.99. The predicted molar refractivity (Wildman–Crippen MR) is 68.8 cm³/mol. The lowest BCUT2D eigenvalue weighted by Crippen LogP contribution is -2.12. The van der Waals surface area contributed by atoms with Crippen molar-refractivity contribution < 1.29 is 0 Å². The summed E-state index contributed by atoms with van der Waals surface area (Å²) in [6, 6.07) is 5.90. The molecule has 2 aromatic rings. The summed E-state index contributed by atoms with van der Waals surface area (Å²) in [6.07, 6.45) is 3.66. The van der Waals surface area contributed by atoms with E-state index in [1.807, 2.05) is 18.2 Å². The Kier molecular flexibility index (Phi) is 2.60. The topological polar surface area (TPSA) is 25.8 Å². The van der Waals surface area contributed by atoms with Gasteiger partial charge in [0.2, 0.25) is 0 Å². The molecule has 2 nitrogen and oxygen atoms in total. The van der Waals surface area contributed by atoms with Crippen LogP contribution in [0.5, 0.6) is 0 Å². The zero-order valence-electron chi connectivity index (χ0n) is 8.58. The van der Waals surface area contributed by atoms with Crippen LogP contribution in [0, 0.1) is 0 Å². The molecule has 1 aromatic heterocycles. The molecule has 1 saturated carbocycles. The third-order valence-corrected chi connectivity index (χ3v) is 3.88. The maximum atomic E-state index is 6.17. The quantitative estimate of drug-likeness (QED) is 0.733. The molecule has 0 aliphatic heterocycles. The first kappa shape index (κ1) is 10.5. The number of halogens is 2. The number of benzene rings is 1. The lowest BCUT2D eigenvalue weighted by molar-refractivity contribution is 0.402. The SMILES string of the molecule is Clc1nc(C2CCC2)nc2cc(Br)ccc12. The average molecular weight is 298 g/mol. The monoisotopic (exact) mass is 296 g/mol. The first-order valence-electron chi connectivity index (χ1n) is 5.37. The van der Waals surface area contributed by atoms with E-state index in [9.17, 15) is 0 Å². The lowest BCUT2D eigenvalue weighted by atomic mass is 9.85. The Morgan fingerprint density at radius 2 is 2.06 bits per heavy atom. The van der Waals surface area contributed by atoms with Crippen LogP contribution in [0.1, 0.15) is 31.0 Å². The molecule has 0 radical (unpaired) electrons. The summed E-state index contributed by atoms with van der Waals surface area (Å²) in [5.74, 6) is 1.42. The van der Waals surface area contributed by atoms with E-state index >= 15 is 0 Å². The van der Waals surface area contributed by atoms with Gasteiger partial charge in [-0.25, -0.2) is 9.97 Å². The summed E-state index contributed by atoms with van der Waals surface area (Å²) in [5, 5.41) is 1.49. The van der Waals surface area contributed by atoms with E-state index < -0.39 is 0 Å². The number of hydrogen-bond acceptors (Lipinski definition) is 2. The van der Waals surface area contributed by atoms with Crippen LogP contribution in [-0.2, 0) is 0 Å². The molecular formula is C12H10BrClN2. The highest BCUT2D eigenvalue weighted by Gasteiger charge is 2.23. The van der Waals surface area contributed by atoms with Gasteiger partial charge in [0.1, 0.15) is 11.0 Å². The van der Waals surface area contributed by atoms with Gasteiger partial charge in [0.25, 0.3) is 0 Å². The van der Waals surface area contributed by atoms with Gasteiger partial charge in [0.05, 0.1) is 5.52 Å². The molecule has 0 amide bonds. The fourth-order valence-electron chi connectivity index (χ4n) is 1.93. The fraction of sp³-hybridized carbons (Fsp3) is 0.333. The van der Waals surface area contributed by atoms with E-state index in [0.717, 1.165) is 21.2 Å². The maximum Gasteiger partial charge on any atom is 0.140 e. The third kappa shape index (κ3) is 1.72. The third-order valence-electron chi connectivity index (χ3n) is 3.10. The predicted octanol–water partition coefficient (Wildman–Crippen LogP) is 4.31. The van der Waals surface area contributed by atoms with Crippen LogP contribution < -0.4 is 0 Å². The Morgan fingerprint density at radius 3 is 2.75 bits per heavy atom. The molecule has 0 saturated heterocycles. The second-order valence-corrected chi connectivity index (χ2v) is 5.44. The van der Waals surface area contributed by atoms with Gasteiger partial charge in [-0.15, -0.1) is 0 Å². The smallest absolute Gasteiger partial charge is 0.140 e. The first-order valence-corrected chi connectivity index (χ1v) is 6.54. The van der Waals surface area contributed by atoms with Crippen molar-refractivity contribution in [1.82, 2.24) is 9.97 Å². The van der Waals surface area contributed by atoms with Crippen LogP contribution in [0.3, 0.4) is 0 Å². The highest BCUT2D eigenvalue weighted by molar-refractivity contribution is 9.10. The van der Waals surface area contributed by atoms with Crippen molar-refractivity contribution in [2.24, 2.45) is 0 Å². The maximum absolute atomic E-state index is 6.17. The highest BCUT2D eigenvalue weighted by Crippen LogP contribution is 2.36. The molecule has 0 bridgehead atoms. The number of hydrogen-bond donors (Lipinski definition) is 0. The minimum atomic E-state index is 0.515. The van der Waals surface area contributed by atoms with Crippen molar-refractivity contribution in [2.45, 2.75) is 25.2 Å². The summed E-state index contributed by atoms with van der Waals surface area (Å²) in [5.41, 5.74) is 0.927. The van der Waals surface area contributed by atoms with Gasteiger partial charge < -0.3 is 0 Å². The van der Waals surface area contributed by atoms with Gasteiger partial charge in [-0.2, -0.15) is 0 Å². The van der Waals surface area contributed by atoms with Gasteiger partial charge in [-0.1, -0.05) is 34.0 Å². The van der Waals surface area contributed by atoms with Crippen molar-refractivity contribution in [3.63, 3.8) is 0 Å². The van der Waals surface area contributed by atoms with E-state index in [0.29, 0.717) is 11.1 Å². The molecule has 82 valence electrons. The van der Waals surface area contributed by atoms with Gasteiger partial charge in [0, 0.05) is 15.8 Å². The van der Waals surface area contributed by atoms with Crippen LogP contribution in [0.25, 0.3) is 10.9 Å². The molecule has 16 heavy (non-hydrogen) atoms. The Hall–Kier alpha value is -0.670. The van der Waals surface area contributed by atoms with Crippen molar-refractivity contribution >= 4 is 38.4 Å². The van der Waals surface area contributed by atoms with Crippen LogP contribution in [0.2, 0.25) is 5.15 Å². The summed E-state index contributed by atoms with van der Waals surface area (Å²) < 4.78 is 1.02. The average Bonchev–Trinajstić information content (AvgIpc) is 2.13. The van der Waals surface area contributed by atoms with Crippen molar-refractivity contribution in [1.29, 1.82) is 0 Å². The van der Waals surface area contributed by atoms with Crippen LogP contribution in [0.15, 0.2) is 22.7 Å². The molecular weight excluding hydrogens is 288 g/mol. The van der Waals surface area contributed by atoms with Gasteiger partial charge in [0.15, 0.2) is 0 Å². The molecule has 4 heteroatoms. The summed E-state index contributed by atoms with van der Waals surface area (Å²) in [6.45, 7) is 0. The van der Waals surface area contributed by atoms with Crippen molar-refractivity contribution in [3.8, 4) is 0 Å². The van der Waals surface area contributed by atoms with E-state index in [2.05, 4.69) is 25.9 Å². The molecule has 0 N–H and O–H groups in total. The highest BCUT2D eigenvalue weighted by atomic mass is 79.9. The lowest BCUT2D eigenvalue weighted by Gasteiger charge is -2.23. The van der Waals surface area contributed by atoms with E-state index in [4.69, 9.17) is 11.6 Å².